The minimum atomic E-state index is 0.964. The van der Waals surface area contributed by atoms with Crippen LogP contribution < -0.4 is 0 Å². The van der Waals surface area contributed by atoms with E-state index in [2.05, 4.69) is 97.1 Å². The Bertz CT molecular complexity index is 1340. The molecular formula is C27H18. The van der Waals surface area contributed by atoms with Crippen molar-refractivity contribution in [2.24, 2.45) is 0 Å². The van der Waals surface area contributed by atoms with Crippen LogP contribution in [0.3, 0.4) is 0 Å². The van der Waals surface area contributed by atoms with Crippen LogP contribution in [0.15, 0.2) is 97.1 Å². The van der Waals surface area contributed by atoms with Gasteiger partial charge in [-0.2, -0.15) is 0 Å². The van der Waals surface area contributed by atoms with Crippen LogP contribution in [0.4, 0.5) is 0 Å². The summed E-state index contributed by atoms with van der Waals surface area (Å²) >= 11 is 0. The molecule has 0 fully saturated rings. The van der Waals surface area contributed by atoms with Crippen LogP contribution in [-0.4, -0.2) is 0 Å². The van der Waals surface area contributed by atoms with E-state index >= 15 is 0 Å². The van der Waals surface area contributed by atoms with Crippen molar-refractivity contribution < 1.29 is 0 Å². The highest BCUT2D eigenvalue weighted by Gasteiger charge is 2.22. The molecule has 0 saturated carbocycles. The Morgan fingerprint density at radius 3 is 1.70 bits per heavy atom. The van der Waals surface area contributed by atoms with Crippen molar-refractivity contribution in [2.75, 3.05) is 0 Å². The van der Waals surface area contributed by atoms with E-state index in [0.29, 0.717) is 0 Å². The normalized spacial score (nSPS) is 12.3. The van der Waals surface area contributed by atoms with Crippen LogP contribution in [-0.2, 0) is 6.42 Å². The lowest BCUT2D eigenvalue weighted by Crippen LogP contribution is -1.94. The summed E-state index contributed by atoms with van der Waals surface area (Å²) in [5.41, 5.74) is 8.30. The van der Waals surface area contributed by atoms with Crippen LogP contribution in [0, 0.1) is 0 Å². The van der Waals surface area contributed by atoms with Crippen molar-refractivity contribution in [3.05, 3.63) is 108 Å². The van der Waals surface area contributed by atoms with Crippen molar-refractivity contribution in [1.82, 2.24) is 0 Å². The highest BCUT2D eigenvalue weighted by molar-refractivity contribution is 6.17. The first kappa shape index (κ1) is 14.8. The fraction of sp³-hybridized carbons (Fsp3) is 0.0370. The van der Waals surface area contributed by atoms with Gasteiger partial charge in [-0.15, -0.1) is 0 Å². The first-order valence-electron chi connectivity index (χ1n) is 9.52. The average molecular weight is 342 g/mol. The molecule has 0 N–H and O–H groups in total. The molecule has 1 aliphatic rings. The zero-order chi connectivity index (χ0) is 17.8. The summed E-state index contributed by atoms with van der Waals surface area (Å²) in [6.45, 7) is 0. The third-order valence-corrected chi connectivity index (χ3v) is 5.91. The van der Waals surface area contributed by atoms with Gasteiger partial charge in [0.05, 0.1) is 0 Å². The maximum atomic E-state index is 2.29. The van der Waals surface area contributed by atoms with Gasteiger partial charge in [-0.1, -0.05) is 97.1 Å². The monoisotopic (exact) mass is 342 g/mol. The molecule has 0 nitrogen and oxygen atoms in total. The van der Waals surface area contributed by atoms with Crippen LogP contribution in [0.1, 0.15) is 11.1 Å². The molecule has 5 aromatic carbocycles. The van der Waals surface area contributed by atoms with Gasteiger partial charge in [0.2, 0.25) is 0 Å². The van der Waals surface area contributed by atoms with E-state index < -0.39 is 0 Å². The van der Waals surface area contributed by atoms with E-state index in [1.807, 2.05) is 0 Å². The average Bonchev–Trinajstić information content (AvgIpc) is 2.89. The SMILES string of the molecule is c1ccc2c(c1)Cc1c(c3ccccc3c3ccccc13)-c1ccccc1-2. The molecule has 126 valence electrons. The second-order valence-corrected chi connectivity index (χ2v) is 7.32. The quantitative estimate of drug-likeness (QED) is 0.255. The molecule has 0 amide bonds. The molecule has 0 heterocycles. The van der Waals surface area contributed by atoms with E-state index in [4.69, 9.17) is 0 Å². The summed E-state index contributed by atoms with van der Waals surface area (Å²) in [5, 5.41) is 5.42. The third kappa shape index (κ3) is 2.04. The number of rotatable bonds is 0. The number of hydrogen-bond acceptors (Lipinski definition) is 0. The topological polar surface area (TPSA) is 0 Å². The Morgan fingerprint density at radius 2 is 0.926 bits per heavy atom. The van der Waals surface area contributed by atoms with Gasteiger partial charge in [0.25, 0.3) is 0 Å². The summed E-state index contributed by atoms with van der Waals surface area (Å²) in [4.78, 5) is 0. The van der Waals surface area contributed by atoms with E-state index in [9.17, 15) is 0 Å². The number of hydrogen-bond donors (Lipinski definition) is 0. The molecule has 0 bridgehead atoms. The molecular weight excluding hydrogens is 324 g/mol. The lowest BCUT2D eigenvalue weighted by Gasteiger charge is -2.17. The molecule has 0 radical (unpaired) electrons. The minimum absolute atomic E-state index is 0.964. The van der Waals surface area contributed by atoms with Crippen LogP contribution >= 0.6 is 0 Å². The summed E-state index contributed by atoms with van der Waals surface area (Å²) in [5.74, 6) is 0. The minimum Gasteiger partial charge on any atom is -0.0619 e. The first-order valence-corrected chi connectivity index (χ1v) is 9.52. The summed E-state index contributed by atoms with van der Waals surface area (Å²) in [7, 11) is 0. The Morgan fingerprint density at radius 1 is 0.407 bits per heavy atom. The highest BCUT2D eigenvalue weighted by atomic mass is 14.3. The molecule has 5 aromatic rings. The Hall–Kier alpha value is -3.38. The second-order valence-electron chi connectivity index (χ2n) is 7.32. The Labute approximate surface area is 158 Å². The zero-order valence-electron chi connectivity index (χ0n) is 14.9. The first-order chi connectivity index (χ1) is 13.4. The van der Waals surface area contributed by atoms with Crippen LogP contribution in [0.25, 0.3) is 43.8 Å². The van der Waals surface area contributed by atoms with Gasteiger partial charge < -0.3 is 0 Å². The maximum absolute atomic E-state index is 2.29. The van der Waals surface area contributed by atoms with Gasteiger partial charge in [0.1, 0.15) is 0 Å². The van der Waals surface area contributed by atoms with Gasteiger partial charge in [-0.05, 0) is 61.3 Å². The van der Waals surface area contributed by atoms with Gasteiger partial charge in [-0.25, -0.2) is 0 Å². The lowest BCUT2D eigenvalue weighted by molar-refractivity contribution is 1.23. The molecule has 0 spiro atoms. The largest absolute Gasteiger partial charge is 0.0619 e. The van der Waals surface area contributed by atoms with Crippen molar-refractivity contribution in [3.8, 4) is 22.3 Å². The second kappa shape index (κ2) is 5.56. The molecule has 1 aliphatic carbocycles. The summed E-state index contributed by atoms with van der Waals surface area (Å²) in [6.07, 6.45) is 0.964. The fourth-order valence-electron chi connectivity index (χ4n) is 4.77. The van der Waals surface area contributed by atoms with Crippen molar-refractivity contribution in [2.45, 2.75) is 6.42 Å². The van der Waals surface area contributed by atoms with E-state index in [1.165, 1.54) is 54.9 Å². The fourth-order valence-corrected chi connectivity index (χ4v) is 4.77. The van der Waals surface area contributed by atoms with Gasteiger partial charge in [-0.3, -0.25) is 0 Å². The molecule has 0 aromatic heterocycles. The highest BCUT2D eigenvalue weighted by Crippen LogP contribution is 2.46. The predicted molar refractivity (Wildman–Crippen MR) is 115 cm³/mol. The molecule has 0 saturated heterocycles. The standard InChI is InChI=1S/C27H18/c1-2-10-19-18(9-1)17-26-23-14-4-3-12-21(23)22-13-6-8-16-25(22)27(26)24-15-7-5-11-20(19)24/h1-16H,17H2. The third-order valence-electron chi connectivity index (χ3n) is 5.91. The summed E-state index contributed by atoms with van der Waals surface area (Å²) < 4.78 is 0. The molecule has 0 atom stereocenters. The van der Waals surface area contributed by atoms with Gasteiger partial charge in [0, 0.05) is 0 Å². The Kier molecular flexibility index (Phi) is 3.04. The van der Waals surface area contributed by atoms with Crippen molar-refractivity contribution in [1.29, 1.82) is 0 Å². The van der Waals surface area contributed by atoms with E-state index in [0.717, 1.165) is 6.42 Å². The molecule has 27 heavy (non-hydrogen) atoms. The smallest absolute Gasteiger partial charge is 0.000705 e. The van der Waals surface area contributed by atoms with Crippen molar-refractivity contribution >= 4 is 21.5 Å². The van der Waals surface area contributed by atoms with E-state index in [1.54, 1.807) is 0 Å². The van der Waals surface area contributed by atoms with Gasteiger partial charge in [0.15, 0.2) is 0 Å². The molecule has 6 rings (SSSR count). The van der Waals surface area contributed by atoms with Crippen LogP contribution in [0.5, 0.6) is 0 Å². The molecule has 0 heteroatoms. The number of benzene rings is 5. The predicted octanol–water partition coefficient (Wildman–Crippen LogP) is 7.23. The summed E-state index contributed by atoms with van der Waals surface area (Å²) in [6, 6.07) is 35.5. The lowest BCUT2D eigenvalue weighted by atomic mass is 9.86. The molecule has 0 unspecified atom stereocenters. The van der Waals surface area contributed by atoms with Crippen molar-refractivity contribution in [3.63, 3.8) is 0 Å². The zero-order valence-corrected chi connectivity index (χ0v) is 14.9. The molecule has 0 aliphatic heterocycles. The maximum Gasteiger partial charge on any atom is -0.000705 e. The number of fused-ring (bicyclic) bond motifs is 10. The van der Waals surface area contributed by atoms with Crippen LogP contribution in [0.2, 0.25) is 0 Å². The van der Waals surface area contributed by atoms with E-state index in [-0.39, 0.29) is 0 Å². The Balaban J connectivity index is 1.90. The van der Waals surface area contributed by atoms with Gasteiger partial charge >= 0.3 is 0 Å².